The summed E-state index contributed by atoms with van der Waals surface area (Å²) in [5, 5.41) is 4.84. The van der Waals surface area contributed by atoms with Crippen molar-refractivity contribution in [3.63, 3.8) is 0 Å². The van der Waals surface area contributed by atoms with Gasteiger partial charge in [-0.25, -0.2) is 9.97 Å². The monoisotopic (exact) mass is 816 g/mol. The molecule has 5 aromatic heterocycles. The van der Waals surface area contributed by atoms with Crippen molar-refractivity contribution in [3.05, 3.63) is 193 Å². The van der Waals surface area contributed by atoms with Crippen LogP contribution in [0.5, 0.6) is 0 Å². The smallest absolute Gasteiger partial charge is 0.137 e. The summed E-state index contributed by atoms with van der Waals surface area (Å²) in [6, 6.07) is 53.9. The highest BCUT2D eigenvalue weighted by Crippen LogP contribution is 2.38. The highest BCUT2D eigenvalue weighted by Gasteiger charge is 2.18. The van der Waals surface area contributed by atoms with Gasteiger partial charge >= 0.3 is 0 Å². The Morgan fingerprint density at radius 3 is 1.38 bits per heavy atom. The zero-order chi connectivity index (χ0) is 42.8. The summed E-state index contributed by atoms with van der Waals surface area (Å²) in [4.78, 5) is 23.9. The van der Waals surface area contributed by atoms with Crippen molar-refractivity contribution in [1.82, 2.24) is 29.1 Å². The predicted molar refractivity (Wildman–Crippen MR) is 260 cm³/mol. The van der Waals surface area contributed by atoms with E-state index in [9.17, 15) is 0 Å². The van der Waals surface area contributed by atoms with Crippen LogP contribution in [0.4, 0.5) is 22.7 Å². The summed E-state index contributed by atoms with van der Waals surface area (Å²) in [6.07, 6.45) is 7.48. The molecule has 8 heteroatoms. The van der Waals surface area contributed by atoms with Crippen molar-refractivity contribution in [2.24, 2.45) is 0 Å². The van der Waals surface area contributed by atoms with E-state index in [1.807, 2.05) is 43.0 Å². The number of anilines is 4. The molecule has 0 aliphatic heterocycles. The van der Waals surface area contributed by atoms with Crippen molar-refractivity contribution in [2.75, 3.05) is 23.9 Å². The number of aryl methyl sites for hydroxylation is 3. The lowest BCUT2D eigenvalue weighted by atomic mass is 10.1. The molecule has 0 spiro atoms. The molecule has 0 unspecified atom stereocenters. The van der Waals surface area contributed by atoms with Crippen LogP contribution in [0.1, 0.15) is 16.7 Å². The molecule has 304 valence electrons. The van der Waals surface area contributed by atoms with Crippen LogP contribution in [0.2, 0.25) is 0 Å². The van der Waals surface area contributed by atoms with Crippen molar-refractivity contribution in [1.29, 1.82) is 0 Å². The maximum atomic E-state index is 4.94. The number of rotatable bonds is 8. The van der Waals surface area contributed by atoms with Crippen LogP contribution >= 0.6 is 0 Å². The normalized spacial score (nSPS) is 11.6. The molecule has 5 heterocycles. The molecule has 0 saturated carbocycles. The van der Waals surface area contributed by atoms with Gasteiger partial charge in [-0.3, -0.25) is 19.1 Å². The van der Waals surface area contributed by atoms with Gasteiger partial charge in [-0.05, 0) is 123 Å². The minimum atomic E-state index is 0.811. The number of hydrogen-bond donors (Lipinski definition) is 0. The standard InChI is InChI=1S/C55H44N8/c1-35-15-21-50-46(26-35)44-19-17-42(31-52(44)62(50)54-14-6-7-24-56-54)60(4)40-12-8-10-38(29-40)48-33-59-49(34-58-48)39-11-9-13-41(30-39)61(5)43-18-20-45-47-27-36(2)16-22-51(47)63(53(45)32-43)55-28-37(3)23-25-57-55/h6-34H,1-5H3. The maximum absolute atomic E-state index is 4.94. The fourth-order valence-electron chi connectivity index (χ4n) is 8.96. The lowest BCUT2D eigenvalue weighted by Crippen LogP contribution is -2.10. The first-order valence-corrected chi connectivity index (χ1v) is 21.2. The third-order valence-electron chi connectivity index (χ3n) is 12.3. The molecular formula is C55H44N8. The Morgan fingerprint density at radius 2 is 0.873 bits per heavy atom. The predicted octanol–water partition coefficient (Wildman–Crippen LogP) is 13.3. The Kier molecular flexibility index (Phi) is 9.08. The van der Waals surface area contributed by atoms with Gasteiger partial charge in [0.15, 0.2) is 0 Å². The molecule has 0 aliphatic rings. The van der Waals surface area contributed by atoms with E-state index in [0.29, 0.717) is 0 Å². The largest absolute Gasteiger partial charge is 0.345 e. The van der Waals surface area contributed by atoms with E-state index in [2.05, 4.69) is 187 Å². The van der Waals surface area contributed by atoms with Gasteiger partial charge in [0.25, 0.3) is 0 Å². The fourth-order valence-corrected chi connectivity index (χ4v) is 8.96. The summed E-state index contributed by atoms with van der Waals surface area (Å²) in [6.45, 7) is 6.40. The second-order valence-electron chi connectivity index (χ2n) is 16.5. The molecule has 0 N–H and O–H groups in total. The average molecular weight is 817 g/mol. The Bertz CT molecular complexity index is 3530. The van der Waals surface area contributed by atoms with E-state index < -0.39 is 0 Å². The zero-order valence-corrected chi connectivity index (χ0v) is 35.8. The van der Waals surface area contributed by atoms with E-state index >= 15 is 0 Å². The molecule has 0 aliphatic carbocycles. The molecule has 8 nitrogen and oxygen atoms in total. The summed E-state index contributed by atoms with van der Waals surface area (Å²) in [7, 11) is 4.22. The quantitative estimate of drug-likeness (QED) is 0.152. The molecule has 0 atom stereocenters. The Morgan fingerprint density at radius 1 is 0.365 bits per heavy atom. The van der Waals surface area contributed by atoms with Crippen LogP contribution in [0, 0.1) is 20.8 Å². The highest BCUT2D eigenvalue weighted by molar-refractivity contribution is 6.11. The van der Waals surface area contributed by atoms with E-state index in [-0.39, 0.29) is 0 Å². The van der Waals surface area contributed by atoms with E-state index in [1.165, 1.54) is 38.2 Å². The highest BCUT2D eigenvalue weighted by atomic mass is 15.1. The number of aromatic nitrogens is 6. The van der Waals surface area contributed by atoms with Crippen LogP contribution in [0.25, 0.3) is 77.8 Å². The van der Waals surface area contributed by atoms with Gasteiger partial charge in [0.1, 0.15) is 11.6 Å². The first-order valence-electron chi connectivity index (χ1n) is 21.2. The van der Waals surface area contributed by atoms with Crippen molar-refractivity contribution >= 4 is 66.4 Å². The first kappa shape index (κ1) is 37.9. The van der Waals surface area contributed by atoms with Crippen LogP contribution in [-0.4, -0.2) is 43.2 Å². The number of fused-ring (bicyclic) bond motifs is 6. The van der Waals surface area contributed by atoms with Crippen molar-refractivity contribution in [2.45, 2.75) is 20.8 Å². The van der Waals surface area contributed by atoms with Gasteiger partial charge in [0.2, 0.25) is 0 Å². The molecule has 0 bridgehead atoms. The lowest BCUT2D eigenvalue weighted by Gasteiger charge is -2.21. The minimum Gasteiger partial charge on any atom is -0.345 e. The Balaban J connectivity index is 0.878. The third kappa shape index (κ3) is 6.64. The van der Waals surface area contributed by atoms with Gasteiger partial charge < -0.3 is 9.80 Å². The maximum Gasteiger partial charge on any atom is 0.137 e. The number of hydrogen-bond acceptors (Lipinski definition) is 6. The number of nitrogens with zero attached hydrogens (tertiary/aromatic N) is 8. The van der Waals surface area contributed by atoms with Crippen molar-refractivity contribution < 1.29 is 0 Å². The molecular weight excluding hydrogens is 773 g/mol. The van der Waals surface area contributed by atoms with Crippen LogP contribution in [0.15, 0.2) is 176 Å². The Labute approximate surface area is 366 Å². The molecule has 11 rings (SSSR count). The van der Waals surface area contributed by atoms with Gasteiger partial charge in [0, 0.05) is 81.9 Å². The average Bonchev–Trinajstić information content (AvgIpc) is 3.82. The topological polar surface area (TPSA) is 67.9 Å². The Hall–Kier alpha value is -8.10. The molecule has 0 fully saturated rings. The zero-order valence-electron chi connectivity index (χ0n) is 35.8. The second kappa shape index (κ2) is 15.1. The summed E-state index contributed by atoms with van der Waals surface area (Å²) in [5.41, 5.74) is 16.0. The molecule has 63 heavy (non-hydrogen) atoms. The van der Waals surface area contributed by atoms with E-state index in [1.54, 1.807) is 0 Å². The van der Waals surface area contributed by atoms with E-state index in [4.69, 9.17) is 19.9 Å². The summed E-state index contributed by atoms with van der Waals surface area (Å²) >= 11 is 0. The molecule has 0 amide bonds. The fraction of sp³-hybridized carbons (Fsp3) is 0.0909. The summed E-state index contributed by atoms with van der Waals surface area (Å²) < 4.78 is 4.54. The molecule has 0 radical (unpaired) electrons. The molecule has 6 aromatic carbocycles. The number of benzene rings is 6. The first-order chi connectivity index (χ1) is 30.8. The van der Waals surface area contributed by atoms with E-state index in [0.717, 1.165) is 79.0 Å². The molecule has 11 aromatic rings. The van der Waals surface area contributed by atoms with Gasteiger partial charge in [0.05, 0.1) is 45.8 Å². The van der Waals surface area contributed by atoms with Crippen LogP contribution in [-0.2, 0) is 0 Å². The van der Waals surface area contributed by atoms with Gasteiger partial charge in [-0.15, -0.1) is 0 Å². The number of pyridine rings is 2. The van der Waals surface area contributed by atoms with Gasteiger partial charge in [-0.1, -0.05) is 65.7 Å². The lowest BCUT2D eigenvalue weighted by molar-refractivity contribution is 1.07. The van der Waals surface area contributed by atoms with Crippen LogP contribution in [0.3, 0.4) is 0 Å². The van der Waals surface area contributed by atoms with Gasteiger partial charge in [-0.2, -0.15) is 0 Å². The minimum absolute atomic E-state index is 0.811. The second-order valence-corrected chi connectivity index (χ2v) is 16.5. The van der Waals surface area contributed by atoms with Crippen molar-refractivity contribution in [3.8, 4) is 34.2 Å². The third-order valence-corrected chi connectivity index (χ3v) is 12.3. The SMILES string of the molecule is Cc1ccnc(-n2c3ccc(C)cc3c3ccc(N(C)c4cccc(-c5cnc(-c6cccc(N(C)c7ccc8c9cc(C)ccc9n(-c9ccccn9)c8c7)c6)cn5)c4)cc32)c1. The van der Waals surface area contributed by atoms with Crippen LogP contribution < -0.4 is 9.80 Å². The summed E-state index contributed by atoms with van der Waals surface area (Å²) in [5.74, 6) is 1.81. The molecule has 0 saturated heterocycles.